The van der Waals surface area contributed by atoms with Crippen molar-refractivity contribution in [1.29, 1.82) is 0 Å². The molecule has 0 saturated heterocycles. The quantitative estimate of drug-likeness (QED) is 0.343. The molecule has 3 heterocycles. The van der Waals surface area contributed by atoms with Gasteiger partial charge in [-0.2, -0.15) is 0 Å². The number of aromatic nitrogens is 4. The van der Waals surface area contributed by atoms with Crippen LogP contribution in [0.25, 0.3) is 50.5 Å². The Morgan fingerprint density at radius 3 is 2.23 bits per heavy atom. The summed E-state index contributed by atoms with van der Waals surface area (Å²) in [5.41, 5.74) is 9.41. The van der Waals surface area contributed by atoms with Gasteiger partial charge in [0.05, 0.1) is 22.1 Å². The lowest BCUT2D eigenvalue weighted by Crippen LogP contribution is -1.95. The molecule has 3 aromatic carbocycles. The molecule has 6 aromatic rings. The van der Waals surface area contributed by atoms with Crippen molar-refractivity contribution in [3.8, 4) is 0 Å². The van der Waals surface area contributed by atoms with Crippen molar-refractivity contribution >= 4 is 50.5 Å². The van der Waals surface area contributed by atoms with Crippen molar-refractivity contribution in [3.63, 3.8) is 0 Å². The summed E-state index contributed by atoms with van der Waals surface area (Å²) in [4.78, 5) is 4.98. The van der Waals surface area contributed by atoms with Gasteiger partial charge >= 0.3 is 0 Å². The van der Waals surface area contributed by atoms with Gasteiger partial charge in [0.2, 0.25) is 5.78 Å². The van der Waals surface area contributed by atoms with E-state index in [4.69, 9.17) is 4.98 Å². The second-order valence-electron chi connectivity index (χ2n) is 7.92. The Morgan fingerprint density at radius 2 is 1.43 bits per heavy atom. The highest BCUT2D eigenvalue weighted by Crippen LogP contribution is 2.32. The van der Waals surface area contributed by atoms with Crippen LogP contribution < -0.4 is 0 Å². The van der Waals surface area contributed by atoms with Gasteiger partial charge in [0.25, 0.3) is 0 Å². The molecule has 0 saturated carbocycles. The third kappa shape index (κ3) is 2.19. The van der Waals surface area contributed by atoms with Crippen molar-refractivity contribution in [2.75, 3.05) is 0 Å². The molecule has 0 aliphatic heterocycles. The van der Waals surface area contributed by atoms with E-state index >= 15 is 0 Å². The first-order valence-corrected chi connectivity index (χ1v) is 10.2. The molecule has 0 unspecified atom stereocenters. The van der Waals surface area contributed by atoms with Gasteiger partial charge in [-0.3, -0.25) is 8.97 Å². The van der Waals surface area contributed by atoms with Crippen LogP contribution in [0.2, 0.25) is 0 Å². The zero-order valence-electron chi connectivity index (χ0n) is 17.3. The fourth-order valence-electron chi connectivity index (χ4n) is 4.70. The number of benzene rings is 3. The minimum Gasteiger partial charge on any atom is -0.347 e. The molecule has 0 atom stereocenters. The summed E-state index contributed by atoms with van der Waals surface area (Å²) in [6, 6.07) is 25.5. The van der Waals surface area contributed by atoms with Crippen LogP contribution in [0.3, 0.4) is 0 Å². The van der Waals surface area contributed by atoms with Gasteiger partial charge in [-0.1, -0.05) is 42.5 Å². The molecule has 0 aliphatic rings. The molecule has 0 amide bonds. The average molecular weight is 390 g/mol. The Balaban J connectivity index is 1.70. The van der Waals surface area contributed by atoms with Gasteiger partial charge in [-0.25, -0.2) is 4.98 Å². The summed E-state index contributed by atoms with van der Waals surface area (Å²) in [7, 11) is 2.13. The van der Waals surface area contributed by atoms with E-state index < -0.39 is 0 Å². The standard InChI is InChI=1S/C26H22N4/c1-17(16-20-18(2)28(3)22-12-6-4-10-19(20)22)29-24-14-8-9-15-25(24)30-23-13-7-5-11-21(23)27-26(29)30/h4-16H,1-3H3/b17-16+. The van der Waals surface area contributed by atoms with Crippen LogP contribution in [0, 0.1) is 6.92 Å². The van der Waals surface area contributed by atoms with E-state index in [0.29, 0.717) is 0 Å². The van der Waals surface area contributed by atoms with Crippen molar-refractivity contribution in [1.82, 2.24) is 18.5 Å². The van der Waals surface area contributed by atoms with E-state index in [1.54, 1.807) is 0 Å². The molecule has 0 spiro atoms. The van der Waals surface area contributed by atoms with Gasteiger partial charge in [-0.15, -0.1) is 0 Å². The van der Waals surface area contributed by atoms with Gasteiger partial charge in [-0.05, 0) is 50.3 Å². The number of fused-ring (bicyclic) bond motifs is 6. The topological polar surface area (TPSA) is 27.2 Å². The van der Waals surface area contributed by atoms with E-state index in [1.165, 1.54) is 27.7 Å². The lowest BCUT2D eigenvalue weighted by atomic mass is 10.1. The van der Waals surface area contributed by atoms with Gasteiger partial charge in [0.15, 0.2) is 0 Å². The molecular formula is C26H22N4. The number of hydrogen-bond acceptors (Lipinski definition) is 1. The van der Waals surface area contributed by atoms with Crippen LogP contribution in [0.4, 0.5) is 0 Å². The second-order valence-corrected chi connectivity index (χ2v) is 7.92. The number of aryl methyl sites for hydroxylation is 1. The van der Waals surface area contributed by atoms with E-state index in [0.717, 1.165) is 28.0 Å². The first-order valence-electron chi connectivity index (χ1n) is 10.2. The normalized spacial score (nSPS) is 12.7. The Hall–Kier alpha value is -3.79. The SMILES string of the molecule is C/C(=C\c1c(C)n(C)c2ccccc12)n1c2ccccc2n2c3ccccc3nc12. The summed E-state index contributed by atoms with van der Waals surface area (Å²) in [6.45, 7) is 4.36. The lowest BCUT2D eigenvalue weighted by Gasteiger charge is -2.06. The van der Waals surface area contributed by atoms with Crippen LogP contribution in [-0.2, 0) is 7.05 Å². The minimum atomic E-state index is 0.948. The van der Waals surface area contributed by atoms with Crippen LogP contribution in [0.15, 0.2) is 72.8 Å². The first kappa shape index (κ1) is 17.1. The number of allylic oxidation sites excluding steroid dienone is 1. The minimum absolute atomic E-state index is 0.948. The number of para-hydroxylation sites is 5. The predicted octanol–water partition coefficient (Wildman–Crippen LogP) is 6.26. The predicted molar refractivity (Wildman–Crippen MR) is 126 cm³/mol. The summed E-state index contributed by atoms with van der Waals surface area (Å²) < 4.78 is 6.80. The van der Waals surface area contributed by atoms with Crippen molar-refractivity contribution in [3.05, 3.63) is 84.1 Å². The molecule has 4 heteroatoms. The molecule has 6 rings (SSSR count). The summed E-state index contributed by atoms with van der Waals surface area (Å²) in [5, 5.41) is 1.28. The third-order valence-electron chi connectivity index (χ3n) is 6.26. The molecule has 0 N–H and O–H groups in total. The zero-order chi connectivity index (χ0) is 20.4. The van der Waals surface area contributed by atoms with Crippen molar-refractivity contribution < 1.29 is 0 Å². The van der Waals surface area contributed by atoms with Crippen LogP contribution >= 0.6 is 0 Å². The second kappa shape index (κ2) is 6.10. The molecule has 4 nitrogen and oxygen atoms in total. The van der Waals surface area contributed by atoms with E-state index in [2.05, 4.69) is 107 Å². The molecule has 3 aromatic heterocycles. The monoisotopic (exact) mass is 390 g/mol. The van der Waals surface area contributed by atoms with Gasteiger partial charge in [0, 0.05) is 34.9 Å². The smallest absolute Gasteiger partial charge is 0.220 e. The number of rotatable bonds is 2. The Kier molecular flexibility index (Phi) is 3.48. The largest absolute Gasteiger partial charge is 0.347 e. The van der Waals surface area contributed by atoms with Crippen LogP contribution in [-0.4, -0.2) is 18.5 Å². The zero-order valence-corrected chi connectivity index (χ0v) is 17.3. The highest BCUT2D eigenvalue weighted by molar-refractivity contribution is 5.98. The molecule has 146 valence electrons. The van der Waals surface area contributed by atoms with E-state index in [1.807, 2.05) is 6.07 Å². The molecule has 0 aliphatic carbocycles. The maximum Gasteiger partial charge on any atom is 0.220 e. The van der Waals surface area contributed by atoms with Gasteiger partial charge in [0.1, 0.15) is 0 Å². The Bertz CT molecular complexity index is 1620. The molecular weight excluding hydrogens is 368 g/mol. The van der Waals surface area contributed by atoms with Crippen molar-refractivity contribution in [2.24, 2.45) is 7.05 Å². The van der Waals surface area contributed by atoms with Crippen molar-refractivity contribution in [2.45, 2.75) is 13.8 Å². The summed E-state index contributed by atoms with van der Waals surface area (Å²) >= 11 is 0. The third-order valence-corrected chi connectivity index (χ3v) is 6.26. The lowest BCUT2D eigenvalue weighted by molar-refractivity contribution is 0.916. The van der Waals surface area contributed by atoms with E-state index in [9.17, 15) is 0 Å². The Labute approximate surface area is 174 Å². The Morgan fingerprint density at radius 1 is 0.800 bits per heavy atom. The number of hydrogen-bond donors (Lipinski definition) is 0. The average Bonchev–Trinajstić information content (AvgIpc) is 3.37. The highest BCUT2D eigenvalue weighted by atomic mass is 15.2. The first-order chi connectivity index (χ1) is 14.6. The maximum absolute atomic E-state index is 4.98. The van der Waals surface area contributed by atoms with Crippen LogP contribution in [0.5, 0.6) is 0 Å². The molecule has 0 bridgehead atoms. The summed E-state index contributed by atoms with van der Waals surface area (Å²) in [6.07, 6.45) is 2.30. The fraction of sp³-hybridized carbons (Fsp3) is 0.115. The fourth-order valence-corrected chi connectivity index (χ4v) is 4.70. The molecule has 0 radical (unpaired) electrons. The molecule has 30 heavy (non-hydrogen) atoms. The number of imidazole rings is 2. The van der Waals surface area contributed by atoms with Crippen LogP contribution in [0.1, 0.15) is 18.2 Å². The van der Waals surface area contributed by atoms with Gasteiger partial charge < -0.3 is 4.57 Å². The number of nitrogens with zero attached hydrogens (tertiary/aromatic N) is 4. The summed E-state index contributed by atoms with van der Waals surface area (Å²) in [5.74, 6) is 0.948. The highest BCUT2D eigenvalue weighted by Gasteiger charge is 2.17. The van der Waals surface area contributed by atoms with E-state index in [-0.39, 0.29) is 0 Å². The molecule has 0 fully saturated rings. The maximum atomic E-state index is 4.98.